The van der Waals surface area contributed by atoms with Crippen molar-refractivity contribution in [2.45, 2.75) is 39.0 Å². The Bertz CT molecular complexity index is 908. The number of hydrogen-bond acceptors (Lipinski definition) is 3. The van der Waals surface area contributed by atoms with Gasteiger partial charge in [0.25, 0.3) is 5.91 Å². The molecule has 1 amide bonds. The summed E-state index contributed by atoms with van der Waals surface area (Å²) in [5.41, 5.74) is 5.32. The predicted octanol–water partition coefficient (Wildman–Crippen LogP) is 3.43. The Kier molecular flexibility index (Phi) is 4.09. The largest absolute Gasteiger partial charge is 0.321 e. The second-order valence-electron chi connectivity index (χ2n) is 6.50. The number of aromatic amines is 1. The Balaban J connectivity index is 1.56. The molecule has 0 unspecified atom stereocenters. The van der Waals surface area contributed by atoms with E-state index in [0.717, 1.165) is 54.0 Å². The number of nitrogens with one attached hydrogen (secondary N) is 2. The first-order valence-corrected chi connectivity index (χ1v) is 8.71. The lowest BCUT2D eigenvalue weighted by Crippen LogP contribution is -2.15. The van der Waals surface area contributed by atoms with Gasteiger partial charge in [-0.15, -0.1) is 0 Å². The fraction of sp³-hybridized carbons (Fsp3) is 0.316. The highest BCUT2D eigenvalue weighted by atomic mass is 16.1. The molecule has 1 aromatic carbocycles. The highest BCUT2D eigenvalue weighted by Gasteiger charge is 2.21. The van der Waals surface area contributed by atoms with Crippen LogP contribution in [0.4, 0.5) is 5.69 Å². The Hall–Kier alpha value is -2.89. The van der Waals surface area contributed by atoms with E-state index in [4.69, 9.17) is 0 Å². The van der Waals surface area contributed by atoms with E-state index in [1.54, 1.807) is 4.68 Å². The van der Waals surface area contributed by atoms with E-state index in [-0.39, 0.29) is 5.91 Å². The van der Waals surface area contributed by atoms with Crippen molar-refractivity contribution >= 4 is 11.6 Å². The van der Waals surface area contributed by atoms with Crippen LogP contribution in [-0.2, 0) is 12.8 Å². The van der Waals surface area contributed by atoms with Crippen LogP contribution < -0.4 is 5.32 Å². The van der Waals surface area contributed by atoms with Crippen LogP contribution in [0.25, 0.3) is 5.69 Å². The quantitative estimate of drug-likeness (QED) is 0.720. The third kappa shape index (κ3) is 3.20. The van der Waals surface area contributed by atoms with Gasteiger partial charge in [0, 0.05) is 23.1 Å². The number of hydrogen-bond donors (Lipinski definition) is 2. The van der Waals surface area contributed by atoms with Crippen molar-refractivity contribution < 1.29 is 4.79 Å². The van der Waals surface area contributed by atoms with Crippen LogP contribution in [0.3, 0.4) is 0 Å². The number of rotatable bonds is 3. The van der Waals surface area contributed by atoms with Gasteiger partial charge in [-0.1, -0.05) is 12.5 Å². The van der Waals surface area contributed by atoms with Crippen molar-refractivity contribution in [3.63, 3.8) is 0 Å². The second kappa shape index (κ2) is 6.55. The van der Waals surface area contributed by atoms with Crippen molar-refractivity contribution in [3.8, 4) is 5.69 Å². The average molecular weight is 335 g/mol. The van der Waals surface area contributed by atoms with Crippen molar-refractivity contribution in [2.24, 2.45) is 0 Å². The molecule has 0 bridgehead atoms. The highest BCUT2D eigenvalue weighted by Crippen LogP contribution is 2.23. The van der Waals surface area contributed by atoms with Crippen LogP contribution in [-0.4, -0.2) is 25.9 Å². The van der Waals surface area contributed by atoms with Gasteiger partial charge in [0.05, 0.1) is 11.4 Å². The molecule has 6 nitrogen and oxygen atoms in total. The number of anilines is 1. The molecular weight excluding hydrogens is 314 g/mol. The van der Waals surface area contributed by atoms with Gasteiger partial charge >= 0.3 is 0 Å². The smallest absolute Gasteiger partial charge is 0.276 e. The summed E-state index contributed by atoms with van der Waals surface area (Å²) in [6.45, 7) is 1.95. The lowest BCUT2D eigenvalue weighted by Gasteiger charge is -2.08. The van der Waals surface area contributed by atoms with Crippen molar-refractivity contribution in [3.05, 3.63) is 59.2 Å². The van der Waals surface area contributed by atoms with Crippen molar-refractivity contribution in [1.82, 2.24) is 20.0 Å². The SMILES string of the molecule is Cc1ccn(-c2cccc(NC(=O)c3n[nH]c4c3CCCCC4)c2)n1. The molecule has 0 saturated heterocycles. The van der Waals surface area contributed by atoms with Gasteiger partial charge in [-0.2, -0.15) is 10.2 Å². The van der Waals surface area contributed by atoms with E-state index in [2.05, 4.69) is 20.6 Å². The normalized spacial score (nSPS) is 14.0. The monoisotopic (exact) mass is 335 g/mol. The summed E-state index contributed by atoms with van der Waals surface area (Å²) in [5, 5.41) is 14.7. The topological polar surface area (TPSA) is 75.6 Å². The fourth-order valence-corrected chi connectivity index (χ4v) is 3.32. The Morgan fingerprint density at radius 1 is 1.20 bits per heavy atom. The van der Waals surface area contributed by atoms with Crippen LogP contribution in [0.2, 0.25) is 0 Å². The van der Waals surface area contributed by atoms with Gasteiger partial charge in [-0.25, -0.2) is 4.68 Å². The minimum absolute atomic E-state index is 0.159. The molecule has 6 heteroatoms. The minimum atomic E-state index is -0.159. The molecule has 0 aliphatic heterocycles. The second-order valence-corrected chi connectivity index (χ2v) is 6.50. The number of amides is 1. The molecular formula is C19H21N5O. The molecule has 25 heavy (non-hydrogen) atoms. The summed E-state index contributed by atoms with van der Waals surface area (Å²) >= 11 is 0. The van der Waals surface area contributed by atoms with E-state index in [9.17, 15) is 4.79 Å². The number of carbonyl (C=O) groups is 1. The number of benzene rings is 1. The number of aryl methyl sites for hydroxylation is 2. The summed E-state index contributed by atoms with van der Waals surface area (Å²) in [4.78, 5) is 12.7. The van der Waals surface area contributed by atoms with E-state index in [0.29, 0.717) is 5.69 Å². The molecule has 2 heterocycles. The third-order valence-corrected chi connectivity index (χ3v) is 4.61. The summed E-state index contributed by atoms with van der Waals surface area (Å²) in [7, 11) is 0. The summed E-state index contributed by atoms with van der Waals surface area (Å²) in [6.07, 6.45) is 7.27. The number of nitrogens with zero attached hydrogens (tertiary/aromatic N) is 3. The summed E-state index contributed by atoms with van der Waals surface area (Å²) < 4.78 is 1.80. The first kappa shape index (κ1) is 15.6. The van der Waals surface area contributed by atoms with E-state index in [1.807, 2.05) is 43.5 Å². The maximum absolute atomic E-state index is 12.7. The lowest BCUT2D eigenvalue weighted by atomic mass is 10.1. The molecule has 1 aliphatic carbocycles. The maximum Gasteiger partial charge on any atom is 0.276 e. The van der Waals surface area contributed by atoms with Gasteiger partial charge in [0.15, 0.2) is 5.69 Å². The highest BCUT2D eigenvalue weighted by molar-refractivity contribution is 6.04. The van der Waals surface area contributed by atoms with E-state index in [1.165, 1.54) is 6.42 Å². The summed E-state index contributed by atoms with van der Waals surface area (Å²) in [6, 6.07) is 9.61. The molecule has 128 valence electrons. The van der Waals surface area contributed by atoms with Gasteiger partial charge in [-0.3, -0.25) is 9.89 Å². The fourth-order valence-electron chi connectivity index (χ4n) is 3.32. The molecule has 0 saturated carbocycles. The molecule has 0 atom stereocenters. The van der Waals surface area contributed by atoms with Gasteiger partial charge in [-0.05, 0) is 56.9 Å². The molecule has 4 rings (SSSR count). The van der Waals surface area contributed by atoms with Gasteiger partial charge in [0.1, 0.15) is 0 Å². The zero-order valence-corrected chi connectivity index (χ0v) is 14.2. The van der Waals surface area contributed by atoms with Crippen LogP contribution in [0.15, 0.2) is 36.5 Å². The number of fused-ring (bicyclic) bond motifs is 1. The molecule has 0 spiro atoms. The van der Waals surface area contributed by atoms with Crippen LogP contribution in [0.5, 0.6) is 0 Å². The molecule has 1 aliphatic rings. The molecule has 2 aromatic heterocycles. The Labute approximate surface area is 146 Å². The maximum atomic E-state index is 12.7. The average Bonchev–Trinajstić information content (AvgIpc) is 3.15. The Morgan fingerprint density at radius 3 is 2.92 bits per heavy atom. The van der Waals surface area contributed by atoms with Crippen molar-refractivity contribution in [1.29, 1.82) is 0 Å². The first-order chi connectivity index (χ1) is 12.2. The molecule has 0 radical (unpaired) electrons. The molecule has 3 aromatic rings. The number of carbonyl (C=O) groups excluding carboxylic acids is 1. The number of H-pyrrole nitrogens is 1. The standard InChI is InChI=1S/C19H21N5O/c1-13-10-11-24(23-13)15-7-5-6-14(12-15)20-19(25)18-16-8-3-2-4-9-17(16)21-22-18/h5-7,10-12H,2-4,8-9H2,1H3,(H,20,25)(H,21,22). The minimum Gasteiger partial charge on any atom is -0.321 e. The number of aromatic nitrogens is 4. The first-order valence-electron chi connectivity index (χ1n) is 8.71. The van der Waals surface area contributed by atoms with Crippen LogP contribution >= 0.6 is 0 Å². The Morgan fingerprint density at radius 2 is 2.08 bits per heavy atom. The predicted molar refractivity (Wildman–Crippen MR) is 96.1 cm³/mol. The summed E-state index contributed by atoms with van der Waals surface area (Å²) in [5.74, 6) is -0.159. The lowest BCUT2D eigenvalue weighted by molar-refractivity contribution is 0.102. The zero-order valence-electron chi connectivity index (χ0n) is 14.2. The van der Waals surface area contributed by atoms with Gasteiger partial charge in [0.2, 0.25) is 0 Å². The van der Waals surface area contributed by atoms with E-state index < -0.39 is 0 Å². The van der Waals surface area contributed by atoms with Crippen molar-refractivity contribution in [2.75, 3.05) is 5.32 Å². The van der Waals surface area contributed by atoms with Gasteiger partial charge < -0.3 is 5.32 Å². The zero-order chi connectivity index (χ0) is 17.2. The van der Waals surface area contributed by atoms with E-state index >= 15 is 0 Å². The van der Waals surface area contributed by atoms with Crippen LogP contribution in [0.1, 0.15) is 46.7 Å². The molecule has 2 N–H and O–H groups in total. The third-order valence-electron chi connectivity index (χ3n) is 4.61. The molecule has 0 fully saturated rings. The van der Waals surface area contributed by atoms with Crippen LogP contribution in [0, 0.1) is 6.92 Å².